The normalized spacial score (nSPS) is 18.4. The van der Waals surface area contributed by atoms with Gasteiger partial charge in [-0.1, -0.05) is 23.7 Å². The molecule has 7 nitrogen and oxygen atoms in total. The summed E-state index contributed by atoms with van der Waals surface area (Å²) in [6.45, 7) is 2.89. The predicted molar refractivity (Wildman–Crippen MR) is 128 cm³/mol. The van der Waals surface area contributed by atoms with E-state index >= 15 is 0 Å². The Balaban J connectivity index is 1.43. The largest absolute Gasteiger partial charge is 0.345 e. The molecule has 4 aromatic rings. The van der Waals surface area contributed by atoms with E-state index in [1.165, 1.54) is 11.3 Å². The van der Waals surface area contributed by atoms with Crippen molar-refractivity contribution in [2.75, 3.05) is 13.1 Å². The molecule has 1 aliphatic heterocycles. The van der Waals surface area contributed by atoms with E-state index in [2.05, 4.69) is 15.3 Å². The molecule has 0 unspecified atom stereocenters. The molecule has 0 radical (unpaired) electrons. The first kappa shape index (κ1) is 21.6. The highest BCUT2D eigenvalue weighted by molar-refractivity contribution is 7.13. The number of likely N-dealkylation sites (tertiary alicyclic amines) is 1. The van der Waals surface area contributed by atoms with E-state index in [0.29, 0.717) is 35.1 Å². The van der Waals surface area contributed by atoms with Gasteiger partial charge >= 0.3 is 0 Å². The third-order valence-electron chi connectivity index (χ3n) is 5.99. The third kappa shape index (κ3) is 4.36. The molecular formula is C24H22ClN5O2S. The number of amides is 2. The van der Waals surface area contributed by atoms with Gasteiger partial charge in [0.25, 0.3) is 11.8 Å². The fraction of sp³-hybridized carbons (Fsp3) is 0.250. The Hall–Kier alpha value is -3.23. The molecule has 1 saturated heterocycles. The lowest BCUT2D eigenvalue weighted by molar-refractivity contribution is 0.0656. The number of pyridine rings is 1. The van der Waals surface area contributed by atoms with Gasteiger partial charge in [-0.2, -0.15) is 0 Å². The van der Waals surface area contributed by atoms with Gasteiger partial charge in [0.15, 0.2) is 5.01 Å². The molecule has 1 aliphatic rings. The van der Waals surface area contributed by atoms with Crippen molar-refractivity contribution in [3.8, 4) is 0 Å². The minimum atomic E-state index is -0.275. The summed E-state index contributed by atoms with van der Waals surface area (Å²) in [5, 5.41) is 4.21. The van der Waals surface area contributed by atoms with Crippen molar-refractivity contribution in [3.05, 3.63) is 87.4 Å². The number of piperidine rings is 1. The van der Waals surface area contributed by atoms with Crippen molar-refractivity contribution in [2.45, 2.75) is 25.3 Å². The lowest BCUT2D eigenvalue weighted by atomic mass is 9.85. The number of halogens is 1. The van der Waals surface area contributed by atoms with Crippen molar-refractivity contribution in [2.24, 2.45) is 0 Å². The van der Waals surface area contributed by atoms with Crippen LogP contribution < -0.4 is 5.32 Å². The molecular weight excluding hydrogens is 458 g/mol. The van der Waals surface area contributed by atoms with Gasteiger partial charge < -0.3 is 14.6 Å². The third-order valence-corrected chi connectivity index (χ3v) is 7.14. The molecule has 168 valence electrons. The highest BCUT2D eigenvalue weighted by atomic mass is 35.5. The van der Waals surface area contributed by atoms with Crippen LogP contribution in [0.5, 0.6) is 0 Å². The summed E-state index contributed by atoms with van der Waals surface area (Å²) < 4.78 is 1.83. The van der Waals surface area contributed by atoms with E-state index in [1.807, 2.05) is 53.9 Å². The van der Waals surface area contributed by atoms with E-state index in [9.17, 15) is 9.59 Å². The summed E-state index contributed by atoms with van der Waals surface area (Å²) in [6, 6.07) is 11.1. The lowest BCUT2D eigenvalue weighted by Crippen LogP contribution is -2.53. The molecule has 0 aliphatic carbocycles. The van der Waals surface area contributed by atoms with Crippen LogP contribution in [-0.2, 0) is 0 Å². The minimum Gasteiger partial charge on any atom is -0.345 e. The Bertz CT molecular complexity index is 1330. The van der Waals surface area contributed by atoms with Crippen LogP contribution in [0.2, 0.25) is 5.02 Å². The zero-order chi connectivity index (χ0) is 22.9. The summed E-state index contributed by atoms with van der Waals surface area (Å²) in [6.07, 6.45) is 7.63. The summed E-state index contributed by atoms with van der Waals surface area (Å²) >= 11 is 7.61. The van der Waals surface area contributed by atoms with Crippen LogP contribution in [0.15, 0.2) is 61.3 Å². The molecule has 2 amide bonds. The highest BCUT2D eigenvalue weighted by Gasteiger charge is 2.35. The van der Waals surface area contributed by atoms with E-state index in [4.69, 9.17) is 11.6 Å². The second-order valence-corrected chi connectivity index (χ2v) is 9.84. The van der Waals surface area contributed by atoms with Crippen LogP contribution in [0.1, 0.15) is 42.9 Å². The number of carbonyl (C=O) groups excluding carboxylic acids is 2. The summed E-state index contributed by atoms with van der Waals surface area (Å²) in [4.78, 5) is 37.6. The molecule has 1 fully saturated rings. The number of rotatable bonds is 4. The number of nitrogens with one attached hydrogen (secondary N) is 1. The Morgan fingerprint density at radius 1 is 1.21 bits per heavy atom. The molecule has 1 aromatic carbocycles. The van der Waals surface area contributed by atoms with Crippen molar-refractivity contribution in [1.29, 1.82) is 0 Å². The number of hydrogen-bond acceptors (Lipinski definition) is 5. The number of benzene rings is 1. The van der Waals surface area contributed by atoms with Crippen molar-refractivity contribution >= 4 is 40.3 Å². The maximum absolute atomic E-state index is 13.5. The first-order chi connectivity index (χ1) is 16.0. The van der Waals surface area contributed by atoms with Crippen LogP contribution in [-0.4, -0.2) is 50.2 Å². The van der Waals surface area contributed by atoms with Crippen LogP contribution >= 0.6 is 22.9 Å². The minimum absolute atomic E-state index is 0.0310. The van der Waals surface area contributed by atoms with Crippen molar-refractivity contribution in [3.63, 3.8) is 0 Å². The first-order valence-electron chi connectivity index (χ1n) is 10.7. The molecule has 4 heterocycles. The smallest absolute Gasteiger partial charge is 0.280 e. The summed E-state index contributed by atoms with van der Waals surface area (Å²) in [5.74, 6) is -0.268. The van der Waals surface area contributed by atoms with Crippen molar-refractivity contribution < 1.29 is 9.59 Å². The Morgan fingerprint density at radius 3 is 2.88 bits per heavy atom. The maximum atomic E-state index is 13.5. The van der Waals surface area contributed by atoms with Gasteiger partial charge in [-0.25, -0.2) is 9.97 Å². The van der Waals surface area contributed by atoms with Crippen LogP contribution in [0.25, 0.3) is 5.52 Å². The molecule has 0 spiro atoms. The second kappa shape index (κ2) is 8.96. The molecule has 0 bridgehead atoms. The number of fused-ring (bicyclic) bond motifs is 1. The number of imidazole rings is 1. The van der Waals surface area contributed by atoms with Gasteiger partial charge in [0.1, 0.15) is 0 Å². The standard InChI is InChI=1S/C24H22ClN5O2S/c1-15-11-27-23(33-15)22(31)28-20-13-29(9-7-18(20)16-4-2-5-17(25)10-16)24(32)19-6-3-8-30-14-26-12-21(19)30/h2-6,8,10-12,14,18,20H,7,9,13H2,1H3,(H,28,31)/t18-,20+/m0/s1. The van der Waals surface area contributed by atoms with Gasteiger partial charge in [-0.15, -0.1) is 11.3 Å². The van der Waals surface area contributed by atoms with E-state index in [-0.39, 0.29) is 23.8 Å². The van der Waals surface area contributed by atoms with Crippen LogP contribution in [0, 0.1) is 6.92 Å². The lowest BCUT2D eigenvalue weighted by Gasteiger charge is -2.39. The molecule has 2 atom stereocenters. The van der Waals surface area contributed by atoms with Gasteiger partial charge in [0.2, 0.25) is 0 Å². The molecule has 9 heteroatoms. The summed E-state index contributed by atoms with van der Waals surface area (Å²) in [5.41, 5.74) is 2.41. The Labute approximate surface area is 200 Å². The zero-order valence-electron chi connectivity index (χ0n) is 17.9. The SMILES string of the molecule is Cc1cnc(C(=O)N[C@@H]2CN(C(=O)c3cccn4cncc34)CC[C@H]2c2cccc(Cl)c2)s1. The molecule has 0 saturated carbocycles. The molecule has 5 rings (SSSR count). The van der Waals surface area contributed by atoms with Gasteiger partial charge in [0, 0.05) is 41.3 Å². The topological polar surface area (TPSA) is 79.6 Å². The van der Waals surface area contributed by atoms with Gasteiger partial charge in [-0.3, -0.25) is 9.59 Å². The number of nitrogens with zero attached hydrogens (tertiary/aromatic N) is 4. The van der Waals surface area contributed by atoms with Crippen molar-refractivity contribution in [1.82, 2.24) is 24.6 Å². The first-order valence-corrected chi connectivity index (χ1v) is 11.9. The Kier molecular flexibility index (Phi) is 5.86. The fourth-order valence-electron chi connectivity index (χ4n) is 4.41. The number of thiazole rings is 1. The van der Waals surface area contributed by atoms with Gasteiger partial charge in [-0.05, 0) is 43.2 Å². The average molecular weight is 480 g/mol. The number of hydrogen-bond donors (Lipinski definition) is 1. The number of aromatic nitrogens is 3. The Morgan fingerprint density at radius 2 is 2.09 bits per heavy atom. The monoisotopic (exact) mass is 479 g/mol. The predicted octanol–water partition coefficient (Wildman–Crippen LogP) is 4.18. The van der Waals surface area contributed by atoms with E-state index < -0.39 is 0 Å². The number of carbonyl (C=O) groups is 2. The number of aryl methyl sites for hydroxylation is 1. The zero-order valence-corrected chi connectivity index (χ0v) is 19.5. The summed E-state index contributed by atoms with van der Waals surface area (Å²) in [7, 11) is 0. The van der Waals surface area contributed by atoms with Gasteiger partial charge in [0.05, 0.1) is 29.6 Å². The molecule has 3 aromatic heterocycles. The molecule has 33 heavy (non-hydrogen) atoms. The quantitative estimate of drug-likeness (QED) is 0.476. The second-order valence-electron chi connectivity index (χ2n) is 8.17. The fourth-order valence-corrected chi connectivity index (χ4v) is 5.28. The highest BCUT2D eigenvalue weighted by Crippen LogP contribution is 2.31. The van der Waals surface area contributed by atoms with Crippen LogP contribution in [0.3, 0.4) is 0 Å². The van der Waals surface area contributed by atoms with E-state index in [0.717, 1.165) is 16.0 Å². The average Bonchev–Trinajstić information content (AvgIpc) is 3.47. The van der Waals surface area contributed by atoms with Crippen LogP contribution in [0.4, 0.5) is 0 Å². The maximum Gasteiger partial charge on any atom is 0.280 e. The molecule has 1 N–H and O–H groups in total. The van der Waals surface area contributed by atoms with E-state index in [1.54, 1.807) is 23.6 Å².